The van der Waals surface area contributed by atoms with Crippen molar-refractivity contribution < 1.29 is 4.74 Å². The maximum absolute atomic E-state index is 6.43. The largest absolute Gasteiger partial charge is 0.461 e. The number of hydrogen-bond donors (Lipinski definition) is 0. The van der Waals surface area contributed by atoms with Crippen molar-refractivity contribution in [1.29, 1.82) is 0 Å². The second-order valence-electron chi connectivity index (χ2n) is 16.6. The molecule has 298 valence electrons. The molecule has 6 heteroatoms. The van der Waals surface area contributed by atoms with Gasteiger partial charge in [-0.05, 0) is 72.5 Å². The summed E-state index contributed by atoms with van der Waals surface area (Å²) in [5, 5.41) is 5.15. The lowest BCUT2D eigenvalue weighted by atomic mass is 9.86. The average molecular weight is 827 g/mol. The van der Waals surface area contributed by atoms with Gasteiger partial charge in [0, 0.05) is 70.6 Å². The summed E-state index contributed by atoms with van der Waals surface area (Å²) in [6.07, 6.45) is 15.0. The van der Waals surface area contributed by atoms with Crippen molar-refractivity contribution in [2.45, 2.75) is 24.7 Å². The van der Waals surface area contributed by atoms with Crippen LogP contribution >= 0.6 is 11.3 Å². The van der Waals surface area contributed by atoms with E-state index in [9.17, 15) is 0 Å². The highest BCUT2D eigenvalue weighted by molar-refractivity contribution is 7.26. The molecule has 3 aromatic heterocycles. The molecule has 7 aromatic carbocycles. The van der Waals surface area contributed by atoms with Crippen molar-refractivity contribution in [3.63, 3.8) is 0 Å². The topological polar surface area (TPSA) is 52.8 Å². The second-order valence-corrected chi connectivity index (χ2v) is 17.7. The average Bonchev–Trinajstić information content (AvgIpc) is 4.03. The SMILES string of the molecule is C1=CC[C@H](c2cc(-c3nc(C4=CCC5C(=C4)Oc4ccccc45)nc(-c4ccccc4)n3)cc(-c3ccccc3)c2-n2c3ccccc3c3c4c(ccc32)sc2ccccc24)C=C1. The summed E-state index contributed by atoms with van der Waals surface area (Å²) in [6, 6.07) is 56.5. The number of hydrogen-bond acceptors (Lipinski definition) is 5. The number of ether oxygens (including phenoxy) is 1. The second kappa shape index (κ2) is 14.5. The molecule has 0 spiro atoms. The van der Waals surface area contributed by atoms with E-state index >= 15 is 0 Å². The van der Waals surface area contributed by atoms with Gasteiger partial charge < -0.3 is 9.30 Å². The van der Waals surface area contributed by atoms with Crippen molar-refractivity contribution in [1.82, 2.24) is 19.5 Å². The van der Waals surface area contributed by atoms with Crippen molar-refractivity contribution in [2.24, 2.45) is 0 Å². The molecule has 0 radical (unpaired) electrons. The van der Waals surface area contributed by atoms with Gasteiger partial charge in [-0.1, -0.05) is 146 Å². The van der Waals surface area contributed by atoms with Crippen molar-refractivity contribution >= 4 is 58.9 Å². The molecule has 2 aliphatic carbocycles. The maximum Gasteiger partial charge on any atom is 0.164 e. The number of nitrogens with zero attached hydrogens (tertiary/aromatic N) is 4. The number of para-hydroxylation sites is 2. The third-order valence-electron chi connectivity index (χ3n) is 12.9. The van der Waals surface area contributed by atoms with Crippen LogP contribution in [0.3, 0.4) is 0 Å². The normalized spacial score (nSPS) is 16.6. The molecule has 0 saturated heterocycles. The van der Waals surface area contributed by atoms with Crippen LogP contribution in [-0.2, 0) is 0 Å². The van der Waals surface area contributed by atoms with Crippen LogP contribution in [0.2, 0.25) is 0 Å². The predicted octanol–water partition coefficient (Wildman–Crippen LogP) is 14.8. The van der Waals surface area contributed by atoms with Crippen LogP contribution in [0.1, 0.15) is 41.6 Å². The summed E-state index contributed by atoms with van der Waals surface area (Å²) < 4.78 is 11.6. The Kier molecular flexibility index (Phi) is 8.28. The summed E-state index contributed by atoms with van der Waals surface area (Å²) in [6.45, 7) is 0. The lowest BCUT2D eigenvalue weighted by Gasteiger charge is -2.25. The Morgan fingerprint density at radius 2 is 1.29 bits per heavy atom. The van der Waals surface area contributed by atoms with Crippen LogP contribution in [0.5, 0.6) is 5.75 Å². The molecule has 4 heterocycles. The quantitative estimate of drug-likeness (QED) is 0.168. The Morgan fingerprint density at radius 1 is 0.556 bits per heavy atom. The predicted molar refractivity (Wildman–Crippen MR) is 259 cm³/mol. The Labute approximate surface area is 368 Å². The third-order valence-corrected chi connectivity index (χ3v) is 14.1. The van der Waals surface area contributed by atoms with Crippen LogP contribution in [0.15, 0.2) is 200 Å². The van der Waals surface area contributed by atoms with Gasteiger partial charge >= 0.3 is 0 Å². The highest BCUT2D eigenvalue weighted by Crippen LogP contribution is 2.49. The van der Waals surface area contributed by atoms with E-state index < -0.39 is 0 Å². The first-order chi connectivity index (χ1) is 31.2. The standard InChI is InChI=1S/C57H38N4OS/c1-4-16-35(17-5-1)44-32-39(57-59-55(37-20-8-3-9-21-37)58-56(60-57)38-28-29-41-40-22-11-14-26-48(40)62-49(41)34-38)33-45(36-18-6-2-7-19-36)54(44)61-46-25-13-10-23-42(46)52-47(61)30-31-51-53(52)43-24-12-15-27-50(43)63-51/h1-18,20-28,30-34,36,41H,19,29H2/t36-,41?/m1/s1. The molecule has 0 bridgehead atoms. The first-order valence-electron chi connectivity index (χ1n) is 21.6. The molecule has 2 atom stereocenters. The van der Waals surface area contributed by atoms with Gasteiger partial charge in [-0.25, -0.2) is 15.0 Å². The number of thiophene rings is 1. The molecule has 0 amide bonds. The smallest absolute Gasteiger partial charge is 0.164 e. The minimum Gasteiger partial charge on any atom is -0.461 e. The highest BCUT2D eigenvalue weighted by Gasteiger charge is 2.32. The summed E-state index contributed by atoms with van der Waals surface area (Å²) in [5.41, 5.74) is 11.0. The van der Waals surface area contributed by atoms with E-state index in [0.717, 1.165) is 52.2 Å². The first kappa shape index (κ1) is 36.0. The van der Waals surface area contributed by atoms with Crippen LogP contribution in [0.4, 0.5) is 0 Å². The molecular weight excluding hydrogens is 789 g/mol. The van der Waals surface area contributed by atoms with E-state index in [4.69, 9.17) is 19.7 Å². The van der Waals surface area contributed by atoms with Gasteiger partial charge in [0.2, 0.25) is 0 Å². The van der Waals surface area contributed by atoms with E-state index in [1.165, 1.54) is 58.8 Å². The zero-order chi connectivity index (χ0) is 41.4. The Morgan fingerprint density at radius 3 is 2.13 bits per heavy atom. The molecule has 10 aromatic rings. The van der Waals surface area contributed by atoms with Crippen LogP contribution in [0, 0.1) is 0 Å². The number of benzene rings is 7. The fourth-order valence-corrected chi connectivity index (χ4v) is 11.1. The number of aromatic nitrogens is 4. The molecule has 0 saturated carbocycles. The summed E-state index contributed by atoms with van der Waals surface area (Å²) in [7, 11) is 0. The van der Waals surface area contributed by atoms with E-state index in [1.54, 1.807) is 0 Å². The van der Waals surface area contributed by atoms with E-state index in [-0.39, 0.29) is 11.8 Å². The van der Waals surface area contributed by atoms with Gasteiger partial charge in [0.05, 0.1) is 16.7 Å². The summed E-state index contributed by atoms with van der Waals surface area (Å²) in [5.74, 6) is 4.05. The maximum atomic E-state index is 6.43. The van der Waals surface area contributed by atoms with E-state index in [1.807, 2.05) is 35.6 Å². The van der Waals surface area contributed by atoms with Crippen molar-refractivity contribution in [2.75, 3.05) is 0 Å². The monoisotopic (exact) mass is 826 g/mol. The molecule has 1 unspecified atom stereocenters. The van der Waals surface area contributed by atoms with E-state index in [0.29, 0.717) is 17.5 Å². The van der Waals surface area contributed by atoms with Gasteiger partial charge in [0.25, 0.3) is 0 Å². The lowest BCUT2D eigenvalue weighted by molar-refractivity contribution is 0.426. The third kappa shape index (κ3) is 5.86. The molecule has 3 aliphatic rings. The molecule has 0 fully saturated rings. The Hall–Kier alpha value is -7.67. The number of fused-ring (bicyclic) bond motifs is 10. The molecule has 5 nitrogen and oxygen atoms in total. The molecular formula is C57H38N4OS. The first-order valence-corrected chi connectivity index (χ1v) is 22.5. The molecule has 13 rings (SSSR count). The summed E-state index contributed by atoms with van der Waals surface area (Å²) in [4.78, 5) is 15.8. The van der Waals surface area contributed by atoms with Crippen LogP contribution in [0.25, 0.3) is 87.1 Å². The van der Waals surface area contributed by atoms with Gasteiger partial charge in [-0.15, -0.1) is 11.3 Å². The van der Waals surface area contributed by atoms with Gasteiger partial charge in [0.15, 0.2) is 17.5 Å². The fourth-order valence-electron chi connectivity index (χ4n) is 10.0. The zero-order valence-corrected chi connectivity index (χ0v) is 35.0. The highest BCUT2D eigenvalue weighted by atomic mass is 32.1. The molecule has 0 N–H and O–H groups in total. The number of allylic oxidation sites excluding steroid dienone is 8. The summed E-state index contributed by atoms with van der Waals surface area (Å²) >= 11 is 1.87. The number of rotatable bonds is 6. The molecule has 1 aliphatic heterocycles. The minimum absolute atomic E-state index is 0.105. The van der Waals surface area contributed by atoms with Crippen LogP contribution < -0.4 is 4.74 Å². The fraction of sp³-hybridized carbons (Fsp3) is 0.0702. The minimum atomic E-state index is 0.105. The van der Waals surface area contributed by atoms with Gasteiger partial charge in [0.1, 0.15) is 11.5 Å². The van der Waals surface area contributed by atoms with E-state index in [2.05, 4.69) is 174 Å². The Balaban J connectivity index is 1.08. The van der Waals surface area contributed by atoms with Crippen molar-refractivity contribution in [3.8, 4) is 45.3 Å². The Bertz CT molecular complexity index is 3610. The van der Waals surface area contributed by atoms with Crippen molar-refractivity contribution in [3.05, 3.63) is 217 Å². The lowest BCUT2D eigenvalue weighted by Crippen LogP contribution is -2.09. The van der Waals surface area contributed by atoms with Gasteiger partial charge in [-0.3, -0.25) is 0 Å². The van der Waals surface area contributed by atoms with Crippen LogP contribution in [-0.4, -0.2) is 19.5 Å². The molecule has 63 heavy (non-hydrogen) atoms. The zero-order valence-electron chi connectivity index (χ0n) is 34.1. The van der Waals surface area contributed by atoms with Gasteiger partial charge in [-0.2, -0.15) is 0 Å².